The van der Waals surface area contributed by atoms with Crippen LogP contribution < -0.4 is 0 Å². The molecule has 1 aliphatic carbocycles. The third-order valence-electron chi connectivity index (χ3n) is 2.62. The standard InChI is InChI=1S/C11H15F/c1-5-9-7(3)10(6-2)11(12)8(9)4/h5-6,8,11H,2H2,1,3-4H3/b9-5-. The summed E-state index contributed by atoms with van der Waals surface area (Å²) in [4.78, 5) is 0. The number of hydrogen-bond donors (Lipinski definition) is 0. The average Bonchev–Trinajstić information content (AvgIpc) is 2.25. The van der Waals surface area contributed by atoms with Gasteiger partial charge in [0.25, 0.3) is 0 Å². The van der Waals surface area contributed by atoms with E-state index in [0.29, 0.717) is 0 Å². The summed E-state index contributed by atoms with van der Waals surface area (Å²) in [7, 11) is 0. The Morgan fingerprint density at radius 2 is 2.08 bits per heavy atom. The fourth-order valence-corrected chi connectivity index (χ4v) is 1.89. The van der Waals surface area contributed by atoms with Gasteiger partial charge in [0, 0.05) is 5.92 Å². The van der Waals surface area contributed by atoms with Crippen molar-refractivity contribution in [3.05, 3.63) is 35.5 Å². The number of halogens is 1. The van der Waals surface area contributed by atoms with Gasteiger partial charge in [0.15, 0.2) is 0 Å². The van der Waals surface area contributed by atoms with Crippen LogP contribution in [0.15, 0.2) is 35.5 Å². The Morgan fingerprint density at radius 3 is 2.33 bits per heavy atom. The molecule has 1 aliphatic rings. The predicted molar refractivity (Wildman–Crippen MR) is 50.7 cm³/mol. The maximum atomic E-state index is 13.5. The molecule has 0 amide bonds. The zero-order chi connectivity index (χ0) is 9.30. The van der Waals surface area contributed by atoms with Crippen molar-refractivity contribution in [2.24, 2.45) is 5.92 Å². The molecule has 0 aromatic rings. The molecule has 2 atom stereocenters. The van der Waals surface area contributed by atoms with Crippen LogP contribution in [0.4, 0.5) is 4.39 Å². The molecule has 0 aliphatic heterocycles. The van der Waals surface area contributed by atoms with E-state index >= 15 is 0 Å². The third-order valence-corrected chi connectivity index (χ3v) is 2.62. The lowest BCUT2D eigenvalue weighted by Crippen LogP contribution is -2.08. The highest BCUT2D eigenvalue weighted by molar-refractivity contribution is 5.48. The summed E-state index contributed by atoms with van der Waals surface area (Å²) < 4.78 is 13.5. The molecular weight excluding hydrogens is 151 g/mol. The van der Waals surface area contributed by atoms with Crippen LogP contribution in [0.2, 0.25) is 0 Å². The van der Waals surface area contributed by atoms with Crippen LogP contribution in [0, 0.1) is 5.92 Å². The van der Waals surface area contributed by atoms with Gasteiger partial charge in [-0.1, -0.05) is 25.7 Å². The molecular formula is C11H15F. The van der Waals surface area contributed by atoms with Gasteiger partial charge in [-0.2, -0.15) is 0 Å². The average molecular weight is 166 g/mol. The Hall–Kier alpha value is -0.850. The van der Waals surface area contributed by atoms with Crippen molar-refractivity contribution in [1.29, 1.82) is 0 Å². The second-order valence-electron chi connectivity index (χ2n) is 3.22. The van der Waals surface area contributed by atoms with Gasteiger partial charge in [-0.15, -0.1) is 0 Å². The molecule has 0 bridgehead atoms. The summed E-state index contributed by atoms with van der Waals surface area (Å²) in [5, 5.41) is 0. The Kier molecular flexibility index (Phi) is 2.51. The molecule has 66 valence electrons. The van der Waals surface area contributed by atoms with Gasteiger partial charge < -0.3 is 0 Å². The van der Waals surface area contributed by atoms with Crippen LogP contribution in [0.3, 0.4) is 0 Å². The lowest BCUT2D eigenvalue weighted by molar-refractivity contribution is 0.331. The van der Waals surface area contributed by atoms with Crippen molar-refractivity contribution in [1.82, 2.24) is 0 Å². The predicted octanol–water partition coefficient (Wildman–Crippen LogP) is 3.42. The van der Waals surface area contributed by atoms with Crippen molar-refractivity contribution in [2.75, 3.05) is 0 Å². The normalized spacial score (nSPS) is 33.2. The van der Waals surface area contributed by atoms with Crippen LogP contribution in [0.1, 0.15) is 20.8 Å². The Bertz CT molecular complexity index is 258. The number of alkyl halides is 1. The molecule has 0 nitrogen and oxygen atoms in total. The van der Waals surface area contributed by atoms with Crippen molar-refractivity contribution >= 4 is 0 Å². The van der Waals surface area contributed by atoms with Gasteiger partial charge in [-0.3, -0.25) is 0 Å². The molecule has 2 unspecified atom stereocenters. The fraction of sp³-hybridized carbons (Fsp3) is 0.455. The van der Waals surface area contributed by atoms with Gasteiger partial charge in [-0.25, -0.2) is 4.39 Å². The lowest BCUT2D eigenvalue weighted by atomic mass is 10.00. The van der Waals surface area contributed by atoms with Crippen LogP contribution >= 0.6 is 0 Å². The van der Waals surface area contributed by atoms with Gasteiger partial charge >= 0.3 is 0 Å². The van der Waals surface area contributed by atoms with E-state index in [-0.39, 0.29) is 5.92 Å². The van der Waals surface area contributed by atoms with E-state index in [0.717, 1.165) is 16.7 Å². The SMILES string of the molecule is C=CC1=C(C)/C(=C/C)C(C)C1F. The number of allylic oxidation sites excluding steroid dienone is 5. The molecule has 0 saturated heterocycles. The molecule has 1 rings (SSSR count). The molecule has 0 fully saturated rings. The minimum absolute atomic E-state index is 0.00278. The molecule has 0 aromatic heterocycles. The summed E-state index contributed by atoms with van der Waals surface area (Å²) >= 11 is 0. The van der Waals surface area contributed by atoms with Crippen molar-refractivity contribution in [3.8, 4) is 0 Å². The molecule has 0 radical (unpaired) electrons. The van der Waals surface area contributed by atoms with E-state index < -0.39 is 6.17 Å². The highest BCUT2D eigenvalue weighted by Crippen LogP contribution is 2.38. The summed E-state index contributed by atoms with van der Waals surface area (Å²) in [6.07, 6.45) is 2.77. The minimum Gasteiger partial charge on any atom is -0.242 e. The van der Waals surface area contributed by atoms with Gasteiger partial charge in [0.2, 0.25) is 0 Å². The molecule has 0 saturated carbocycles. The first-order chi connectivity index (χ1) is 5.63. The second-order valence-corrected chi connectivity index (χ2v) is 3.22. The van der Waals surface area contributed by atoms with E-state index in [2.05, 4.69) is 6.58 Å². The zero-order valence-corrected chi connectivity index (χ0v) is 7.89. The molecule has 0 N–H and O–H groups in total. The molecule has 0 aromatic carbocycles. The maximum Gasteiger partial charge on any atom is 0.132 e. The van der Waals surface area contributed by atoms with E-state index in [1.807, 2.05) is 26.8 Å². The van der Waals surface area contributed by atoms with Crippen LogP contribution in [0.25, 0.3) is 0 Å². The monoisotopic (exact) mass is 166 g/mol. The highest BCUT2D eigenvalue weighted by Gasteiger charge is 2.31. The minimum atomic E-state index is -0.853. The summed E-state index contributed by atoms with van der Waals surface area (Å²) in [5.74, 6) is 0.00278. The van der Waals surface area contributed by atoms with Gasteiger partial charge in [0.05, 0.1) is 0 Å². The second kappa shape index (κ2) is 3.26. The zero-order valence-electron chi connectivity index (χ0n) is 7.89. The summed E-state index contributed by atoms with van der Waals surface area (Å²) in [6.45, 7) is 9.45. The summed E-state index contributed by atoms with van der Waals surface area (Å²) in [6, 6.07) is 0. The fourth-order valence-electron chi connectivity index (χ4n) is 1.89. The first-order valence-corrected chi connectivity index (χ1v) is 4.27. The van der Waals surface area contributed by atoms with E-state index in [1.54, 1.807) is 6.08 Å². The smallest absolute Gasteiger partial charge is 0.132 e. The number of rotatable bonds is 1. The third kappa shape index (κ3) is 1.13. The van der Waals surface area contributed by atoms with E-state index in [9.17, 15) is 4.39 Å². The first-order valence-electron chi connectivity index (χ1n) is 4.27. The maximum absolute atomic E-state index is 13.5. The van der Waals surface area contributed by atoms with E-state index in [4.69, 9.17) is 0 Å². The first kappa shape index (κ1) is 9.24. The topological polar surface area (TPSA) is 0 Å². The quantitative estimate of drug-likeness (QED) is 0.560. The van der Waals surface area contributed by atoms with E-state index in [1.165, 1.54) is 0 Å². The molecule has 12 heavy (non-hydrogen) atoms. The molecule has 0 heterocycles. The Morgan fingerprint density at radius 1 is 1.50 bits per heavy atom. The van der Waals surface area contributed by atoms with Gasteiger partial charge in [-0.05, 0) is 30.6 Å². The largest absolute Gasteiger partial charge is 0.242 e. The van der Waals surface area contributed by atoms with Crippen LogP contribution in [0.5, 0.6) is 0 Å². The summed E-state index contributed by atoms with van der Waals surface area (Å²) in [5.41, 5.74) is 2.94. The lowest BCUT2D eigenvalue weighted by Gasteiger charge is -2.08. The Labute approximate surface area is 73.5 Å². The molecule has 0 spiro atoms. The van der Waals surface area contributed by atoms with Crippen molar-refractivity contribution in [2.45, 2.75) is 26.9 Å². The Balaban J connectivity index is 3.14. The van der Waals surface area contributed by atoms with Crippen molar-refractivity contribution < 1.29 is 4.39 Å². The molecule has 1 heteroatoms. The van der Waals surface area contributed by atoms with Crippen molar-refractivity contribution in [3.63, 3.8) is 0 Å². The number of hydrogen-bond acceptors (Lipinski definition) is 0. The van der Waals surface area contributed by atoms with Crippen LogP contribution in [-0.4, -0.2) is 6.17 Å². The highest BCUT2D eigenvalue weighted by atomic mass is 19.1. The van der Waals surface area contributed by atoms with Crippen LogP contribution in [-0.2, 0) is 0 Å². The van der Waals surface area contributed by atoms with Gasteiger partial charge in [0.1, 0.15) is 6.17 Å².